The van der Waals surface area contributed by atoms with E-state index in [1.807, 2.05) is 13.1 Å². The second-order valence-electron chi connectivity index (χ2n) is 10.8. The molecule has 4 aliphatic carbocycles. The molecule has 0 saturated heterocycles. The molecule has 1 aromatic rings. The number of hydrogen-bond donors (Lipinski definition) is 3. The highest BCUT2D eigenvalue weighted by molar-refractivity contribution is 5.93. The quantitative estimate of drug-likeness (QED) is 0.600. The maximum Gasteiger partial charge on any atom is 0.156 e. The molecule has 3 N–H and O–H groups in total. The summed E-state index contributed by atoms with van der Waals surface area (Å²) in [6.45, 7) is 2.47. The minimum Gasteiger partial charge on any atom is -0.396 e. The van der Waals surface area contributed by atoms with E-state index in [1.165, 1.54) is 16.7 Å². The van der Waals surface area contributed by atoms with Gasteiger partial charge in [0.2, 0.25) is 0 Å². The van der Waals surface area contributed by atoms with E-state index in [0.717, 1.165) is 44.2 Å². The van der Waals surface area contributed by atoms with Crippen molar-refractivity contribution in [2.75, 3.05) is 19.0 Å². The second kappa shape index (κ2) is 8.14. The number of fused-ring (bicyclic) bond motifs is 4. The highest BCUT2D eigenvalue weighted by Crippen LogP contribution is 2.67. The summed E-state index contributed by atoms with van der Waals surface area (Å²) in [4.78, 5) is 12.2. The van der Waals surface area contributed by atoms with Crippen molar-refractivity contribution in [1.82, 2.24) is 0 Å². The Morgan fingerprint density at radius 2 is 1.91 bits per heavy atom. The van der Waals surface area contributed by atoms with Gasteiger partial charge in [0, 0.05) is 37.1 Å². The van der Waals surface area contributed by atoms with Gasteiger partial charge in [-0.05, 0) is 98.1 Å². The van der Waals surface area contributed by atoms with Crippen molar-refractivity contribution in [3.8, 4) is 0 Å². The molecular weight excluding hydrogens is 398 g/mol. The van der Waals surface area contributed by atoms with Gasteiger partial charge in [-0.3, -0.25) is 4.79 Å². The van der Waals surface area contributed by atoms with Crippen LogP contribution in [-0.2, 0) is 4.79 Å². The first kappa shape index (κ1) is 21.9. The molecule has 1 aromatic carbocycles. The van der Waals surface area contributed by atoms with Crippen LogP contribution in [0.2, 0.25) is 0 Å². The van der Waals surface area contributed by atoms with E-state index in [0.29, 0.717) is 31.1 Å². The van der Waals surface area contributed by atoms with Gasteiger partial charge in [-0.2, -0.15) is 0 Å². The standard InChI is InChI=1S/C28H37NO3/c1-27-17-24(18-4-7-20(29-2)8-5-18)26-22-11-9-21(31)16-19(22)6-10-23(26)25(27)12-14-28(27,32)13-3-15-30/h4-5,7-8,16,23-25,29-30,32H,3,6,9-15,17H2,1-2H3/t23?,24?,25?,27-,28-/m1/s1. The number of anilines is 1. The number of aliphatic hydroxyl groups is 2. The van der Waals surface area contributed by atoms with Gasteiger partial charge in [-0.15, -0.1) is 0 Å². The number of ketones is 1. The van der Waals surface area contributed by atoms with Crippen LogP contribution in [0, 0.1) is 17.3 Å². The van der Waals surface area contributed by atoms with Crippen molar-refractivity contribution in [2.45, 2.75) is 76.2 Å². The molecule has 0 heterocycles. The van der Waals surface area contributed by atoms with Gasteiger partial charge < -0.3 is 15.5 Å². The number of nitrogens with one attached hydrogen (secondary N) is 1. The lowest BCUT2D eigenvalue weighted by Gasteiger charge is -2.55. The molecule has 0 aromatic heterocycles. The third-order valence-electron chi connectivity index (χ3n) is 9.41. The Hall–Kier alpha value is -1.91. The van der Waals surface area contributed by atoms with E-state index >= 15 is 0 Å². The summed E-state index contributed by atoms with van der Waals surface area (Å²) < 4.78 is 0. The maximum absolute atomic E-state index is 12.2. The van der Waals surface area contributed by atoms with Crippen LogP contribution in [0.4, 0.5) is 5.69 Å². The Labute approximate surface area is 191 Å². The Morgan fingerprint density at radius 1 is 1.12 bits per heavy atom. The zero-order valence-corrected chi connectivity index (χ0v) is 19.5. The van der Waals surface area contributed by atoms with Crippen molar-refractivity contribution in [3.63, 3.8) is 0 Å². The summed E-state index contributed by atoms with van der Waals surface area (Å²) in [6, 6.07) is 8.80. The smallest absolute Gasteiger partial charge is 0.156 e. The van der Waals surface area contributed by atoms with Crippen LogP contribution in [0.3, 0.4) is 0 Å². The highest BCUT2D eigenvalue weighted by Gasteiger charge is 2.62. The molecule has 2 fully saturated rings. The van der Waals surface area contributed by atoms with E-state index in [9.17, 15) is 15.0 Å². The largest absolute Gasteiger partial charge is 0.396 e. The number of aliphatic hydroxyl groups excluding tert-OH is 1. The molecule has 2 saturated carbocycles. The lowest BCUT2D eigenvalue weighted by atomic mass is 9.51. The first-order valence-electron chi connectivity index (χ1n) is 12.5. The summed E-state index contributed by atoms with van der Waals surface area (Å²) >= 11 is 0. The molecule has 0 amide bonds. The molecule has 4 aliphatic rings. The fourth-order valence-electron chi connectivity index (χ4n) is 7.72. The van der Waals surface area contributed by atoms with Crippen molar-refractivity contribution in [2.24, 2.45) is 17.3 Å². The van der Waals surface area contributed by atoms with Crippen LogP contribution in [0.25, 0.3) is 0 Å². The third-order valence-corrected chi connectivity index (χ3v) is 9.41. The van der Waals surface area contributed by atoms with Crippen LogP contribution in [-0.4, -0.2) is 35.3 Å². The fourth-order valence-corrected chi connectivity index (χ4v) is 7.72. The van der Waals surface area contributed by atoms with Gasteiger partial charge in [0.15, 0.2) is 5.78 Å². The molecule has 4 nitrogen and oxygen atoms in total. The van der Waals surface area contributed by atoms with Crippen molar-refractivity contribution in [3.05, 3.63) is 52.6 Å². The maximum atomic E-state index is 12.2. The summed E-state index contributed by atoms with van der Waals surface area (Å²) in [6.07, 6.45) is 9.67. The first-order valence-corrected chi connectivity index (χ1v) is 12.5. The molecule has 4 heteroatoms. The zero-order chi connectivity index (χ0) is 22.5. The Morgan fingerprint density at radius 3 is 2.62 bits per heavy atom. The van der Waals surface area contributed by atoms with Gasteiger partial charge in [-0.1, -0.05) is 24.6 Å². The van der Waals surface area contributed by atoms with E-state index in [2.05, 4.69) is 36.5 Å². The molecule has 3 unspecified atom stereocenters. The molecule has 5 atom stereocenters. The number of benzene rings is 1. The molecule has 0 spiro atoms. The van der Waals surface area contributed by atoms with Crippen LogP contribution in [0.1, 0.15) is 76.2 Å². The van der Waals surface area contributed by atoms with Gasteiger partial charge in [0.1, 0.15) is 0 Å². The average molecular weight is 436 g/mol. The minimum absolute atomic E-state index is 0.138. The lowest BCUT2D eigenvalue weighted by molar-refractivity contribution is -0.114. The van der Waals surface area contributed by atoms with Crippen molar-refractivity contribution < 1.29 is 15.0 Å². The van der Waals surface area contributed by atoms with Crippen LogP contribution in [0.5, 0.6) is 0 Å². The first-order chi connectivity index (χ1) is 15.4. The molecule has 172 valence electrons. The van der Waals surface area contributed by atoms with E-state index in [-0.39, 0.29) is 23.7 Å². The van der Waals surface area contributed by atoms with Crippen molar-refractivity contribution >= 4 is 11.5 Å². The Balaban J connectivity index is 1.63. The monoisotopic (exact) mass is 435 g/mol. The molecule has 32 heavy (non-hydrogen) atoms. The number of carbonyl (C=O) groups excluding carboxylic acids is 1. The SMILES string of the molecule is CNc1ccc(C2C[C@]3(C)C(CC[C@]3(O)CCCO)C3CCC4=CC(=O)CCC4=C23)cc1. The second-order valence-corrected chi connectivity index (χ2v) is 10.8. The lowest BCUT2D eigenvalue weighted by Crippen LogP contribution is -2.51. The summed E-state index contributed by atoms with van der Waals surface area (Å²) in [5.41, 5.74) is 5.87. The average Bonchev–Trinajstić information content (AvgIpc) is 3.07. The van der Waals surface area contributed by atoms with Crippen LogP contribution in [0.15, 0.2) is 47.1 Å². The van der Waals surface area contributed by atoms with Gasteiger partial charge in [0.05, 0.1) is 5.60 Å². The van der Waals surface area contributed by atoms with Crippen molar-refractivity contribution in [1.29, 1.82) is 0 Å². The summed E-state index contributed by atoms with van der Waals surface area (Å²) in [5.74, 6) is 1.50. The van der Waals surface area contributed by atoms with Gasteiger partial charge in [-0.25, -0.2) is 0 Å². The molecule has 5 rings (SSSR count). The number of rotatable bonds is 5. The normalized spacial score (nSPS) is 36.3. The Kier molecular flexibility index (Phi) is 5.58. The molecular formula is C28H37NO3. The summed E-state index contributed by atoms with van der Waals surface area (Å²) in [7, 11) is 1.94. The van der Waals surface area contributed by atoms with Gasteiger partial charge >= 0.3 is 0 Å². The van der Waals surface area contributed by atoms with Gasteiger partial charge in [0.25, 0.3) is 0 Å². The predicted molar refractivity (Wildman–Crippen MR) is 128 cm³/mol. The minimum atomic E-state index is -0.710. The van der Waals surface area contributed by atoms with E-state index < -0.39 is 5.60 Å². The molecule has 0 radical (unpaired) electrons. The third kappa shape index (κ3) is 3.30. The summed E-state index contributed by atoms with van der Waals surface area (Å²) in [5, 5.41) is 24.6. The molecule has 0 aliphatic heterocycles. The number of carbonyl (C=O) groups is 1. The van der Waals surface area contributed by atoms with Crippen LogP contribution >= 0.6 is 0 Å². The number of hydrogen-bond acceptors (Lipinski definition) is 4. The van der Waals surface area contributed by atoms with E-state index in [1.54, 1.807) is 5.57 Å². The van der Waals surface area contributed by atoms with Crippen LogP contribution < -0.4 is 5.32 Å². The predicted octanol–water partition coefficient (Wildman–Crippen LogP) is 5.13. The topological polar surface area (TPSA) is 69.6 Å². The van der Waals surface area contributed by atoms with E-state index in [4.69, 9.17) is 0 Å². The number of allylic oxidation sites excluding steroid dienone is 4. The highest BCUT2D eigenvalue weighted by atomic mass is 16.3. The molecule has 0 bridgehead atoms. The Bertz CT molecular complexity index is 961. The zero-order valence-electron chi connectivity index (χ0n) is 19.5. The fraction of sp³-hybridized carbons (Fsp3) is 0.607.